The zero-order valence-corrected chi connectivity index (χ0v) is 11.5. The number of nitrogens with one attached hydrogen (secondary N) is 2. The third-order valence-corrected chi connectivity index (χ3v) is 4.65. The molecule has 2 aliphatic rings. The van der Waals surface area contributed by atoms with E-state index in [1.165, 1.54) is 12.8 Å². The van der Waals surface area contributed by atoms with E-state index in [9.17, 15) is 4.79 Å². The Hall–Kier alpha value is -1.71. The molecule has 4 N–H and O–H groups in total. The molecular weight excluding hydrogens is 238 g/mol. The van der Waals surface area contributed by atoms with Gasteiger partial charge in [-0.3, -0.25) is 4.79 Å². The van der Waals surface area contributed by atoms with Crippen molar-refractivity contribution in [2.24, 2.45) is 11.3 Å². The predicted molar refractivity (Wildman–Crippen MR) is 78.2 cm³/mol. The molecule has 0 saturated heterocycles. The maximum Gasteiger partial charge on any atom is 0.228 e. The fraction of sp³-hybridized carbons (Fsp3) is 0.533. The highest BCUT2D eigenvalue weighted by atomic mass is 16.1. The van der Waals surface area contributed by atoms with Crippen LogP contribution in [0.4, 0.5) is 17.1 Å². The van der Waals surface area contributed by atoms with E-state index in [0.717, 1.165) is 29.2 Å². The topological polar surface area (TPSA) is 67.1 Å². The number of nitrogen functional groups attached to an aromatic ring is 1. The number of hydrogen-bond donors (Lipinski definition) is 3. The zero-order valence-electron chi connectivity index (χ0n) is 11.5. The van der Waals surface area contributed by atoms with E-state index in [0.29, 0.717) is 17.8 Å². The average molecular weight is 259 g/mol. The molecule has 4 nitrogen and oxygen atoms in total. The minimum Gasteiger partial charge on any atom is -0.397 e. The van der Waals surface area contributed by atoms with Crippen LogP contribution in [0.2, 0.25) is 0 Å². The second kappa shape index (κ2) is 4.15. The molecule has 19 heavy (non-hydrogen) atoms. The van der Waals surface area contributed by atoms with Gasteiger partial charge in [-0.15, -0.1) is 0 Å². The van der Waals surface area contributed by atoms with Gasteiger partial charge in [0.25, 0.3) is 0 Å². The number of fused-ring (bicyclic) bond motifs is 1. The van der Waals surface area contributed by atoms with E-state index in [-0.39, 0.29) is 5.91 Å². The molecule has 1 heterocycles. The van der Waals surface area contributed by atoms with Crippen LogP contribution >= 0.6 is 0 Å². The van der Waals surface area contributed by atoms with Gasteiger partial charge in [0.1, 0.15) is 0 Å². The molecule has 1 aromatic carbocycles. The van der Waals surface area contributed by atoms with Crippen molar-refractivity contribution in [3.05, 3.63) is 17.7 Å². The lowest BCUT2D eigenvalue weighted by atomic mass is 9.92. The summed E-state index contributed by atoms with van der Waals surface area (Å²) in [5, 5.41) is 6.33. The molecule has 1 fully saturated rings. The maximum atomic E-state index is 11.4. The van der Waals surface area contributed by atoms with E-state index in [4.69, 9.17) is 5.73 Å². The van der Waals surface area contributed by atoms with Crippen molar-refractivity contribution in [3.8, 4) is 0 Å². The van der Waals surface area contributed by atoms with Gasteiger partial charge in [0.15, 0.2) is 0 Å². The highest BCUT2D eigenvalue weighted by Gasteiger charge is 2.44. The molecule has 3 rings (SSSR count). The minimum absolute atomic E-state index is 0.0485. The second-order valence-corrected chi connectivity index (χ2v) is 6.19. The molecule has 0 unspecified atom stereocenters. The summed E-state index contributed by atoms with van der Waals surface area (Å²) in [6.45, 7) is 5.52. The Bertz CT molecular complexity index is 532. The van der Waals surface area contributed by atoms with Crippen molar-refractivity contribution in [1.82, 2.24) is 0 Å². The van der Waals surface area contributed by atoms with Crippen LogP contribution in [0.3, 0.4) is 0 Å². The van der Waals surface area contributed by atoms with Crippen molar-refractivity contribution < 1.29 is 4.79 Å². The maximum absolute atomic E-state index is 11.4. The number of carbonyl (C=O) groups is 1. The molecule has 1 aliphatic carbocycles. The van der Waals surface area contributed by atoms with Gasteiger partial charge >= 0.3 is 0 Å². The Morgan fingerprint density at radius 2 is 2.16 bits per heavy atom. The van der Waals surface area contributed by atoms with E-state index >= 15 is 0 Å². The Morgan fingerprint density at radius 1 is 1.42 bits per heavy atom. The van der Waals surface area contributed by atoms with Gasteiger partial charge < -0.3 is 16.4 Å². The number of carbonyl (C=O) groups excluding carboxylic acids is 1. The average Bonchev–Trinajstić information content (AvgIpc) is 3.04. The largest absolute Gasteiger partial charge is 0.397 e. The number of amides is 1. The summed E-state index contributed by atoms with van der Waals surface area (Å²) in [6, 6.07) is 3.87. The first-order valence-corrected chi connectivity index (χ1v) is 6.96. The van der Waals surface area contributed by atoms with E-state index < -0.39 is 0 Å². The zero-order chi connectivity index (χ0) is 13.6. The molecule has 1 saturated carbocycles. The van der Waals surface area contributed by atoms with Crippen LogP contribution in [0, 0.1) is 11.3 Å². The fourth-order valence-corrected chi connectivity index (χ4v) is 2.84. The van der Waals surface area contributed by atoms with Crippen molar-refractivity contribution in [3.63, 3.8) is 0 Å². The molecule has 102 valence electrons. The second-order valence-electron chi connectivity index (χ2n) is 6.19. The van der Waals surface area contributed by atoms with Gasteiger partial charge in [-0.2, -0.15) is 0 Å². The first-order valence-electron chi connectivity index (χ1n) is 6.96. The SMILES string of the molecule is CC(C)C1(CNc2cc3c(cc2N)CC(=O)N3)CC1. The summed E-state index contributed by atoms with van der Waals surface area (Å²) in [6.07, 6.45) is 3.02. The summed E-state index contributed by atoms with van der Waals surface area (Å²) in [7, 11) is 0. The lowest BCUT2D eigenvalue weighted by Crippen LogP contribution is -2.21. The third-order valence-electron chi connectivity index (χ3n) is 4.65. The first-order chi connectivity index (χ1) is 9.00. The number of hydrogen-bond acceptors (Lipinski definition) is 3. The van der Waals surface area contributed by atoms with Crippen molar-refractivity contribution in [2.75, 3.05) is 22.9 Å². The molecule has 4 heteroatoms. The van der Waals surface area contributed by atoms with Crippen LogP contribution in [0.1, 0.15) is 32.3 Å². The molecular formula is C15H21N3O. The van der Waals surface area contributed by atoms with Crippen molar-refractivity contribution >= 4 is 23.0 Å². The Balaban J connectivity index is 1.76. The van der Waals surface area contributed by atoms with E-state index in [1.807, 2.05) is 12.1 Å². The molecule has 1 amide bonds. The van der Waals surface area contributed by atoms with Crippen LogP contribution in [-0.2, 0) is 11.2 Å². The number of benzene rings is 1. The van der Waals surface area contributed by atoms with Crippen LogP contribution in [0.5, 0.6) is 0 Å². The van der Waals surface area contributed by atoms with Crippen LogP contribution in [0.15, 0.2) is 12.1 Å². The van der Waals surface area contributed by atoms with Gasteiger partial charge in [-0.1, -0.05) is 13.8 Å². The molecule has 0 aromatic heterocycles. The quantitative estimate of drug-likeness (QED) is 0.728. The lowest BCUT2D eigenvalue weighted by molar-refractivity contribution is -0.115. The Morgan fingerprint density at radius 3 is 2.79 bits per heavy atom. The summed E-state index contributed by atoms with van der Waals surface area (Å²) in [5.41, 5.74) is 10.1. The molecule has 0 radical (unpaired) electrons. The lowest BCUT2D eigenvalue weighted by Gasteiger charge is -2.21. The summed E-state index contributed by atoms with van der Waals surface area (Å²) in [5.74, 6) is 0.739. The monoisotopic (exact) mass is 259 g/mol. The number of rotatable bonds is 4. The molecule has 0 atom stereocenters. The van der Waals surface area contributed by atoms with E-state index in [2.05, 4.69) is 24.5 Å². The van der Waals surface area contributed by atoms with Crippen molar-refractivity contribution in [2.45, 2.75) is 33.1 Å². The molecule has 1 aromatic rings. The van der Waals surface area contributed by atoms with Crippen LogP contribution in [-0.4, -0.2) is 12.5 Å². The van der Waals surface area contributed by atoms with Gasteiger partial charge in [-0.25, -0.2) is 0 Å². The molecule has 1 aliphatic heterocycles. The van der Waals surface area contributed by atoms with Crippen molar-refractivity contribution in [1.29, 1.82) is 0 Å². The number of nitrogens with two attached hydrogens (primary N) is 1. The van der Waals surface area contributed by atoms with Crippen LogP contribution < -0.4 is 16.4 Å². The van der Waals surface area contributed by atoms with Gasteiger partial charge in [0.05, 0.1) is 17.8 Å². The summed E-state index contributed by atoms with van der Waals surface area (Å²) < 4.78 is 0. The molecule has 0 spiro atoms. The highest BCUT2D eigenvalue weighted by Crippen LogP contribution is 2.52. The predicted octanol–water partition coefficient (Wildman–Crippen LogP) is 2.61. The number of anilines is 3. The third kappa shape index (κ3) is 2.15. The van der Waals surface area contributed by atoms with E-state index in [1.54, 1.807) is 0 Å². The normalized spacial score (nSPS) is 19.2. The minimum atomic E-state index is 0.0485. The summed E-state index contributed by atoms with van der Waals surface area (Å²) in [4.78, 5) is 11.4. The van der Waals surface area contributed by atoms with Gasteiger partial charge in [0, 0.05) is 12.2 Å². The Kier molecular flexibility index (Phi) is 2.69. The smallest absolute Gasteiger partial charge is 0.228 e. The Labute approximate surface area is 113 Å². The van der Waals surface area contributed by atoms with Crippen LogP contribution in [0.25, 0.3) is 0 Å². The summed E-state index contributed by atoms with van der Waals surface area (Å²) >= 11 is 0. The molecule has 0 bridgehead atoms. The first kappa shape index (κ1) is 12.3. The fourth-order valence-electron chi connectivity index (χ4n) is 2.84. The van der Waals surface area contributed by atoms with Gasteiger partial charge in [0.2, 0.25) is 5.91 Å². The standard InChI is InChI=1S/C15H21N3O/c1-9(2)15(3-4-15)8-17-13-7-12-10(5-11(13)16)6-14(19)18-12/h5,7,9,17H,3-4,6,8,16H2,1-2H3,(H,18,19). The highest BCUT2D eigenvalue weighted by molar-refractivity contribution is 6.00. The van der Waals surface area contributed by atoms with Gasteiger partial charge in [-0.05, 0) is 41.9 Å².